The molecule has 2 aliphatic rings. The van der Waals surface area contributed by atoms with Gasteiger partial charge >= 0.3 is 0 Å². The molecule has 70 valence electrons. The number of nitrogens with two attached hydrogens (primary N) is 1. The van der Waals surface area contributed by atoms with Gasteiger partial charge in [-0.1, -0.05) is 0 Å². The van der Waals surface area contributed by atoms with Gasteiger partial charge in [-0.2, -0.15) is 0 Å². The summed E-state index contributed by atoms with van der Waals surface area (Å²) in [6, 6.07) is 0. The van der Waals surface area contributed by atoms with Gasteiger partial charge in [-0.25, -0.2) is 0 Å². The monoisotopic (exact) mass is 171 g/mol. The maximum atomic E-state index is 5.73. The average molecular weight is 171 g/mol. The van der Waals surface area contributed by atoms with Crippen LogP contribution in [0.5, 0.6) is 0 Å². The van der Waals surface area contributed by atoms with Crippen molar-refractivity contribution >= 4 is 0 Å². The molecule has 2 fully saturated rings. The Balaban J connectivity index is 2.01. The Bertz CT molecular complexity index is 174. The number of hydrogen-bond donors (Lipinski definition) is 1. The molecule has 3 nitrogen and oxygen atoms in total. The van der Waals surface area contributed by atoms with Gasteiger partial charge in [-0.3, -0.25) is 0 Å². The molecule has 12 heavy (non-hydrogen) atoms. The maximum Gasteiger partial charge on any atom is 0.0882 e. The fourth-order valence-electron chi connectivity index (χ4n) is 2.53. The van der Waals surface area contributed by atoms with Crippen LogP contribution in [0, 0.1) is 5.92 Å². The fraction of sp³-hybridized carbons (Fsp3) is 1.00. The van der Waals surface area contributed by atoms with Gasteiger partial charge < -0.3 is 15.2 Å². The van der Waals surface area contributed by atoms with Crippen LogP contribution in [-0.2, 0) is 9.47 Å². The molecule has 0 bridgehead atoms. The summed E-state index contributed by atoms with van der Waals surface area (Å²) in [4.78, 5) is 0. The highest BCUT2D eigenvalue weighted by atomic mass is 16.5. The molecule has 1 aliphatic heterocycles. The van der Waals surface area contributed by atoms with Crippen molar-refractivity contribution in [2.45, 2.75) is 31.5 Å². The Morgan fingerprint density at radius 2 is 2.50 bits per heavy atom. The molecule has 0 spiro atoms. The molecule has 1 saturated heterocycles. The van der Waals surface area contributed by atoms with E-state index in [2.05, 4.69) is 0 Å². The van der Waals surface area contributed by atoms with E-state index in [0.29, 0.717) is 18.6 Å². The molecule has 1 aliphatic carbocycles. The molecule has 0 aromatic carbocycles. The van der Waals surface area contributed by atoms with Gasteiger partial charge in [-0.15, -0.1) is 0 Å². The average Bonchev–Trinajstić information content (AvgIpc) is 2.44. The molecule has 3 atom stereocenters. The second kappa shape index (κ2) is 2.98. The van der Waals surface area contributed by atoms with Crippen LogP contribution in [0.1, 0.15) is 19.8 Å². The van der Waals surface area contributed by atoms with Crippen molar-refractivity contribution in [3.63, 3.8) is 0 Å². The summed E-state index contributed by atoms with van der Waals surface area (Å²) in [7, 11) is 0. The highest BCUT2D eigenvalue weighted by Gasteiger charge is 2.56. The number of rotatable bonds is 3. The number of fused-ring (bicyclic) bond motifs is 1. The third kappa shape index (κ3) is 1.00. The molecule has 2 N–H and O–H groups in total. The van der Waals surface area contributed by atoms with Crippen molar-refractivity contribution in [1.29, 1.82) is 0 Å². The van der Waals surface area contributed by atoms with Crippen LogP contribution in [0.25, 0.3) is 0 Å². The summed E-state index contributed by atoms with van der Waals surface area (Å²) < 4.78 is 11.2. The molecule has 3 unspecified atom stereocenters. The first-order chi connectivity index (χ1) is 5.82. The second-order valence-corrected chi connectivity index (χ2v) is 3.71. The third-order valence-corrected chi connectivity index (χ3v) is 3.21. The predicted octanol–water partition coefficient (Wildman–Crippen LogP) is 0.529. The molecular weight excluding hydrogens is 154 g/mol. The highest BCUT2D eigenvalue weighted by Crippen LogP contribution is 2.48. The minimum absolute atomic E-state index is 0.0318. The third-order valence-electron chi connectivity index (χ3n) is 3.21. The zero-order chi connectivity index (χ0) is 8.60. The zero-order valence-electron chi connectivity index (χ0n) is 7.58. The lowest BCUT2D eigenvalue weighted by atomic mass is 9.66. The summed E-state index contributed by atoms with van der Waals surface area (Å²) in [5, 5.41) is 0. The lowest BCUT2D eigenvalue weighted by Gasteiger charge is -2.50. The van der Waals surface area contributed by atoms with Crippen LogP contribution >= 0.6 is 0 Å². The smallest absolute Gasteiger partial charge is 0.0882 e. The van der Waals surface area contributed by atoms with Crippen molar-refractivity contribution in [2.24, 2.45) is 11.7 Å². The molecule has 0 aromatic rings. The van der Waals surface area contributed by atoms with Gasteiger partial charge in [0.2, 0.25) is 0 Å². The molecule has 0 amide bonds. The summed E-state index contributed by atoms with van der Waals surface area (Å²) in [5.74, 6) is 0.572. The van der Waals surface area contributed by atoms with Crippen molar-refractivity contribution in [3.8, 4) is 0 Å². The van der Waals surface area contributed by atoms with Crippen molar-refractivity contribution in [2.75, 3.05) is 19.8 Å². The molecule has 1 heterocycles. The largest absolute Gasteiger partial charge is 0.378 e. The first kappa shape index (κ1) is 8.48. The Morgan fingerprint density at radius 3 is 3.08 bits per heavy atom. The van der Waals surface area contributed by atoms with Crippen LogP contribution in [0.3, 0.4) is 0 Å². The Kier molecular flexibility index (Phi) is 2.10. The van der Waals surface area contributed by atoms with E-state index < -0.39 is 0 Å². The van der Waals surface area contributed by atoms with Crippen LogP contribution in [0.2, 0.25) is 0 Å². The normalized spacial score (nSPS) is 45.5. The van der Waals surface area contributed by atoms with Crippen LogP contribution in [0.4, 0.5) is 0 Å². The quantitative estimate of drug-likeness (QED) is 0.673. The minimum atomic E-state index is -0.0318. The van der Waals surface area contributed by atoms with E-state index in [-0.39, 0.29) is 5.60 Å². The molecule has 3 heteroatoms. The Morgan fingerprint density at radius 1 is 1.67 bits per heavy atom. The summed E-state index contributed by atoms with van der Waals surface area (Å²) in [6.45, 7) is 4.33. The second-order valence-electron chi connectivity index (χ2n) is 3.71. The number of hydrogen-bond acceptors (Lipinski definition) is 3. The standard InChI is InChI=1S/C9H17NO2/c1-2-12-9(6-10)5-8-7(9)3-4-11-8/h7-8H,2-6,10H2,1H3. The van der Waals surface area contributed by atoms with Crippen LogP contribution < -0.4 is 5.73 Å². The fourth-order valence-corrected chi connectivity index (χ4v) is 2.53. The van der Waals surface area contributed by atoms with Crippen molar-refractivity contribution in [3.05, 3.63) is 0 Å². The number of ether oxygens (including phenoxy) is 2. The zero-order valence-corrected chi connectivity index (χ0v) is 7.58. The van der Waals surface area contributed by atoms with E-state index in [4.69, 9.17) is 15.2 Å². The van der Waals surface area contributed by atoms with E-state index >= 15 is 0 Å². The van der Waals surface area contributed by atoms with E-state index in [1.54, 1.807) is 0 Å². The molecular formula is C9H17NO2. The van der Waals surface area contributed by atoms with Gasteiger partial charge in [0.15, 0.2) is 0 Å². The molecule has 2 rings (SSSR count). The summed E-state index contributed by atoms with van der Waals surface area (Å²) in [5.41, 5.74) is 5.70. The van der Waals surface area contributed by atoms with Crippen molar-refractivity contribution in [1.82, 2.24) is 0 Å². The van der Waals surface area contributed by atoms with Gasteiger partial charge in [0.25, 0.3) is 0 Å². The van der Waals surface area contributed by atoms with Crippen LogP contribution in [0.15, 0.2) is 0 Å². The van der Waals surface area contributed by atoms with E-state index in [1.807, 2.05) is 6.92 Å². The van der Waals surface area contributed by atoms with Gasteiger partial charge in [0, 0.05) is 32.1 Å². The van der Waals surface area contributed by atoms with E-state index in [0.717, 1.165) is 26.1 Å². The Hall–Kier alpha value is -0.120. The van der Waals surface area contributed by atoms with E-state index in [9.17, 15) is 0 Å². The summed E-state index contributed by atoms with van der Waals surface area (Å²) in [6.07, 6.45) is 2.57. The van der Waals surface area contributed by atoms with Gasteiger partial charge in [0.1, 0.15) is 0 Å². The highest BCUT2D eigenvalue weighted by molar-refractivity contribution is 5.07. The Labute approximate surface area is 73.2 Å². The lowest BCUT2D eigenvalue weighted by Crippen LogP contribution is -2.61. The summed E-state index contributed by atoms with van der Waals surface area (Å²) >= 11 is 0. The first-order valence-corrected chi connectivity index (χ1v) is 4.78. The van der Waals surface area contributed by atoms with E-state index in [1.165, 1.54) is 0 Å². The minimum Gasteiger partial charge on any atom is -0.378 e. The first-order valence-electron chi connectivity index (χ1n) is 4.78. The molecule has 1 saturated carbocycles. The lowest BCUT2D eigenvalue weighted by molar-refractivity contribution is -0.179. The van der Waals surface area contributed by atoms with Crippen molar-refractivity contribution < 1.29 is 9.47 Å². The molecule has 0 radical (unpaired) electrons. The van der Waals surface area contributed by atoms with Crippen LogP contribution in [-0.4, -0.2) is 31.5 Å². The SMILES string of the molecule is CCOC1(CN)CC2OCCC21. The van der Waals surface area contributed by atoms with Gasteiger partial charge in [-0.05, 0) is 13.3 Å². The molecule has 0 aromatic heterocycles. The topological polar surface area (TPSA) is 44.5 Å². The van der Waals surface area contributed by atoms with Gasteiger partial charge in [0.05, 0.1) is 11.7 Å². The maximum absolute atomic E-state index is 5.73. The predicted molar refractivity (Wildman–Crippen MR) is 45.9 cm³/mol.